The second-order valence-corrected chi connectivity index (χ2v) is 19.0. The Kier molecular flexibility index (Phi) is 8.82. The maximum atomic E-state index is 6.54. The molecule has 2 aliphatic carbocycles. The molecule has 0 aliphatic heterocycles. The minimum atomic E-state index is -0.181. The normalized spacial score (nSPS) is 14.4. The topological polar surface area (TPSA) is 0 Å². The highest BCUT2D eigenvalue weighted by Gasteiger charge is 2.35. The van der Waals surface area contributed by atoms with E-state index in [1.165, 1.54) is 65.4 Å². The van der Waals surface area contributed by atoms with E-state index in [4.69, 9.17) is 23.2 Å². The van der Waals surface area contributed by atoms with Gasteiger partial charge < -0.3 is 0 Å². The van der Waals surface area contributed by atoms with E-state index in [-0.39, 0.29) is 21.7 Å². The second-order valence-electron chi connectivity index (χ2n) is 18.1. The van der Waals surface area contributed by atoms with Gasteiger partial charge in [-0.2, -0.15) is 0 Å². The fraction of sp³-hybridized carbons (Fsp3) is 0.362. The first-order valence-corrected chi connectivity index (χ1v) is 18.5. The maximum absolute atomic E-state index is 6.54. The van der Waals surface area contributed by atoms with E-state index in [0.29, 0.717) is 0 Å². The van der Waals surface area contributed by atoms with Crippen LogP contribution in [0, 0.1) is 10.4 Å². The molecular weight excluding hydrogens is 635 g/mol. The molecule has 0 aromatic heterocycles. The van der Waals surface area contributed by atoms with Gasteiger partial charge in [-0.1, -0.05) is 155 Å². The standard InChI is InChI=1S/C47H52Cl2/c1-44(2,3)36-26-31-25-35-39(28-15-13-14-16-28)42(46(7,8)9)43(47(10,11)12)41(40(35)34(31)27-37(36)45(4,5)6)38(29-17-21-32(48)22-18-29)30-19-23-33(49)24-20-30/h13-15,17-27H,16H2,1-12H3. The lowest BCUT2D eigenvalue weighted by molar-refractivity contribution is 0.524. The summed E-state index contributed by atoms with van der Waals surface area (Å²) in [5.74, 6) is 0. The molecule has 0 saturated heterocycles. The Morgan fingerprint density at radius 2 is 1.08 bits per heavy atom. The third-order valence-corrected chi connectivity index (χ3v) is 10.5. The summed E-state index contributed by atoms with van der Waals surface area (Å²) in [4.78, 5) is 0. The van der Waals surface area contributed by atoms with Gasteiger partial charge in [0.15, 0.2) is 0 Å². The van der Waals surface area contributed by atoms with Crippen LogP contribution in [-0.2, 0) is 21.7 Å². The largest absolute Gasteiger partial charge is 0.0843 e. The van der Waals surface area contributed by atoms with Gasteiger partial charge in [-0.25, -0.2) is 0 Å². The van der Waals surface area contributed by atoms with Crippen LogP contribution in [0.25, 0.3) is 17.2 Å². The SMILES string of the molecule is CC(C)(C)c1cc2c(cc1C(C)(C)C)=c1c(c(C3=CC=CC3)c(C(C)(C)C)c(C(C)(C)C)c1=C(c1ccc(Cl)cc1)c1ccc(Cl)cc1)C=2. The Labute approximate surface area is 304 Å². The zero-order chi connectivity index (χ0) is 35.8. The molecule has 0 N–H and O–H groups in total. The van der Waals surface area contributed by atoms with Crippen molar-refractivity contribution in [2.24, 2.45) is 0 Å². The Morgan fingerprint density at radius 3 is 1.51 bits per heavy atom. The number of halogens is 2. The lowest BCUT2D eigenvalue weighted by Crippen LogP contribution is -2.34. The molecule has 254 valence electrons. The number of benzene rings is 4. The summed E-state index contributed by atoms with van der Waals surface area (Å²) in [5.41, 5.74) is 12.9. The molecule has 0 bridgehead atoms. The third-order valence-electron chi connectivity index (χ3n) is 10.0. The van der Waals surface area contributed by atoms with Crippen LogP contribution >= 0.6 is 23.2 Å². The van der Waals surface area contributed by atoms with Crippen LogP contribution < -0.4 is 10.4 Å². The third kappa shape index (κ3) is 6.53. The first-order chi connectivity index (χ1) is 22.7. The minimum absolute atomic E-state index is 0.000850. The summed E-state index contributed by atoms with van der Waals surface area (Å²) >= 11 is 13.1. The second kappa shape index (κ2) is 12.2. The zero-order valence-electron chi connectivity index (χ0n) is 31.5. The van der Waals surface area contributed by atoms with Crippen LogP contribution in [0.15, 0.2) is 78.9 Å². The van der Waals surface area contributed by atoms with Gasteiger partial charge in [0.25, 0.3) is 0 Å². The van der Waals surface area contributed by atoms with Crippen LogP contribution in [-0.4, -0.2) is 0 Å². The van der Waals surface area contributed by atoms with E-state index in [1.54, 1.807) is 0 Å². The maximum Gasteiger partial charge on any atom is 0.0406 e. The van der Waals surface area contributed by atoms with Crippen molar-refractivity contribution >= 4 is 40.4 Å². The number of fused-ring (bicyclic) bond motifs is 2. The molecule has 0 nitrogen and oxygen atoms in total. The van der Waals surface area contributed by atoms with Crippen molar-refractivity contribution in [3.05, 3.63) is 154 Å². The van der Waals surface area contributed by atoms with Crippen molar-refractivity contribution < 1.29 is 0 Å². The first kappa shape index (κ1) is 35.5. The average Bonchev–Trinajstić information content (AvgIpc) is 3.64. The fourth-order valence-electron chi connectivity index (χ4n) is 7.95. The van der Waals surface area contributed by atoms with Gasteiger partial charge in [-0.15, -0.1) is 0 Å². The van der Waals surface area contributed by atoms with Crippen molar-refractivity contribution in [3.63, 3.8) is 0 Å². The van der Waals surface area contributed by atoms with Crippen molar-refractivity contribution in [1.82, 2.24) is 0 Å². The van der Waals surface area contributed by atoms with Gasteiger partial charge in [0.05, 0.1) is 0 Å². The highest BCUT2D eigenvalue weighted by Crippen LogP contribution is 2.43. The number of hydrogen-bond donors (Lipinski definition) is 0. The summed E-state index contributed by atoms with van der Waals surface area (Å²) in [7, 11) is 0. The molecule has 0 amide bonds. The molecule has 0 heterocycles. The van der Waals surface area contributed by atoms with Gasteiger partial charge in [-0.3, -0.25) is 0 Å². The summed E-state index contributed by atoms with van der Waals surface area (Å²) in [5, 5.41) is 6.74. The molecule has 6 rings (SSSR count). The lowest BCUT2D eigenvalue weighted by Gasteiger charge is -2.35. The van der Waals surface area contributed by atoms with Crippen LogP contribution in [0.5, 0.6) is 0 Å². The minimum Gasteiger partial charge on any atom is -0.0843 e. The van der Waals surface area contributed by atoms with Gasteiger partial charge in [0.1, 0.15) is 0 Å². The first-order valence-electron chi connectivity index (χ1n) is 17.7. The summed E-state index contributed by atoms with van der Waals surface area (Å²) < 4.78 is 0. The lowest BCUT2D eigenvalue weighted by atomic mass is 9.68. The zero-order valence-corrected chi connectivity index (χ0v) is 33.1. The molecule has 4 aromatic rings. The molecule has 0 spiro atoms. The molecule has 0 radical (unpaired) electrons. The molecule has 0 unspecified atom stereocenters. The fourth-order valence-corrected chi connectivity index (χ4v) is 8.20. The van der Waals surface area contributed by atoms with Crippen LogP contribution in [0.3, 0.4) is 0 Å². The summed E-state index contributed by atoms with van der Waals surface area (Å²) in [6, 6.07) is 21.8. The highest BCUT2D eigenvalue weighted by molar-refractivity contribution is 6.31. The van der Waals surface area contributed by atoms with E-state index in [0.717, 1.165) is 27.6 Å². The van der Waals surface area contributed by atoms with E-state index in [9.17, 15) is 0 Å². The molecule has 4 aromatic carbocycles. The molecule has 0 saturated carbocycles. The van der Waals surface area contributed by atoms with Crippen molar-refractivity contribution in [1.29, 1.82) is 0 Å². The van der Waals surface area contributed by atoms with E-state index >= 15 is 0 Å². The predicted octanol–water partition coefficient (Wildman–Crippen LogP) is 12.2. The van der Waals surface area contributed by atoms with Gasteiger partial charge in [0.2, 0.25) is 0 Å². The molecule has 0 fully saturated rings. The Morgan fingerprint density at radius 1 is 0.592 bits per heavy atom. The van der Waals surface area contributed by atoms with Crippen LogP contribution in [0.1, 0.15) is 134 Å². The van der Waals surface area contributed by atoms with Crippen molar-refractivity contribution in [2.45, 2.75) is 111 Å². The molecule has 0 atom stereocenters. The van der Waals surface area contributed by atoms with Crippen LogP contribution in [0.2, 0.25) is 10.0 Å². The Bertz CT molecular complexity index is 2200. The molecule has 2 heteroatoms. The van der Waals surface area contributed by atoms with E-state index in [1.807, 2.05) is 24.3 Å². The molecule has 49 heavy (non-hydrogen) atoms. The number of allylic oxidation sites excluding steroid dienone is 4. The Balaban J connectivity index is 2.07. The smallest absolute Gasteiger partial charge is 0.0406 e. The summed E-state index contributed by atoms with van der Waals surface area (Å²) in [6.45, 7) is 28.5. The average molecular weight is 688 g/mol. The van der Waals surface area contributed by atoms with Crippen molar-refractivity contribution in [2.75, 3.05) is 0 Å². The van der Waals surface area contributed by atoms with Gasteiger partial charge >= 0.3 is 0 Å². The number of rotatable bonds is 3. The quantitative estimate of drug-likeness (QED) is 0.177. The van der Waals surface area contributed by atoms with E-state index < -0.39 is 0 Å². The Hall–Kier alpha value is -3.32. The van der Waals surface area contributed by atoms with Crippen LogP contribution in [0.4, 0.5) is 0 Å². The van der Waals surface area contributed by atoms with Crippen molar-refractivity contribution in [3.8, 4) is 0 Å². The highest BCUT2D eigenvalue weighted by atomic mass is 35.5. The molecule has 2 aliphatic rings. The predicted molar refractivity (Wildman–Crippen MR) is 214 cm³/mol. The van der Waals surface area contributed by atoms with Gasteiger partial charge in [0, 0.05) is 10.0 Å². The monoisotopic (exact) mass is 686 g/mol. The number of hydrogen-bond acceptors (Lipinski definition) is 0. The molecular formula is C47H52Cl2. The van der Waals surface area contributed by atoms with Gasteiger partial charge in [-0.05, 0) is 141 Å². The van der Waals surface area contributed by atoms with E-state index in [2.05, 4.69) is 144 Å². The summed E-state index contributed by atoms with van der Waals surface area (Å²) in [6.07, 6.45) is 10.3.